The van der Waals surface area contributed by atoms with Gasteiger partial charge in [0.15, 0.2) is 0 Å². The van der Waals surface area contributed by atoms with E-state index in [1.54, 1.807) is 0 Å². The smallest absolute Gasteiger partial charge is 0.226 e. The standard InChI is InChI=1S/C18H25ClN2O2/c1-21(15-5-3-2-4-6-15)18(22)12-16-11-17(20-23-16)13-7-9-14(19)10-8-13/h7,9,15-16H,2-6,8,10-12H2,1H3. The highest BCUT2D eigenvalue weighted by atomic mass is 35.5. The molecule has 3 aliphatic rings. The highest BCUT2D eigenvalue weighted by molar-refractivity contribution is 6.29. The molecule has 23 heavy (non-hydrogen) atoms. The topological polar surface area (TPSA) is 41.9 Å². The largest absolute Gasteiger partial charge is 0.391 e. The molecule has 1 atom stereocenters. The van der Waals surface area contributed by atoms with E-state index in [-0.39, 0.29) is 12.0 Å². The lowest BCUT2D eigenvalue weighted by Gasteiger charge is -2.31. The van der Waals surface area contributed by atoms with E-state index in [9.17, 15) is 4.79 Å². The van der Waals surface area contributed by atoms with Crippen molar-refractivity contribution >= 4 is 23.2 Å². The first-order valence-corrected chi connectivity index (χ1v) is 9.05. The Bertz CT molecular complexity index is 547. The molecule has 0 N–H and O–H groups in total. The van der Waals surface area contributed by atoms with Crippen molar-refractivity contribution in [1.29, 1.82) is 0 Å². The van der Waals surface area contributed by atoms with Crippen LogP contribution in [0.1, 0.15) is 57.8 Å². The predicted molar refractivity (Wildman–Crippen MR) is 92.4 cm³/mol. The molecule has 2 aliphatic carbocycles. The summed E-state index contributed by atoms with van der Waals surface area (Å²) in [4.78, 5) is 19.9. The third-order valence-electron chi connectivity index (χ3n) is 5.12. The van der Waals surface area contributed by atoms with Crippen LogP contribution in [0.15, 0.2) is 27.9 Å². The van der Waals surface area contributed by atoms with Crippen molar-refractivity contribution in [2.45, 2.75) is 69.9 Å². The average molecular weight is 337 g/mol. The molecule has 126 valence electrons. The summed E-state index contributed by atoms with van der Waals surface area (Å²) >= 11 is 5.99. The molecule has 1 fully saturated rings. The first-order valence-electron chi connectivity index (χ1n) is 8.67. The van der Waals surface area contributed by atoms with Crippen LogP contribution in [-0.2, 0) is 9.63 Å². The molecule has 5 heteroatoms. The third-order valence-corrected chi connectivity index (χ3v) is 5.44. The third kappa shape index (κ3) is 4.17. The molecule has 3 rings (SSSR count). The Hall–Kier alpha value is -1.29. The van der Waals surface area contributed by atoms with Crippen molar-refractivity contribution in [3.05, 3.63) is 22.8 Å². The molecule has 0 aromatic heterocycles. The summed E-state index contributed by atoms with van der Waals surface area (Å²) in [6, 6.07) is 0.409. The number of rotatable bonds is 4. The summed E-state index contributed by atoms with van der Waals surface area (Å²) in [5.41, 5.74) is 2.16. The van der Waals surface area contributed by atoms with Gasteiger partial charge in [-0.3, -0.25) is 4.79 Å². The van der Waals surface area contributed by atoms with Gasteiger partial charge in [-0.2, -0.15) is 0 Å². The van der Waals surface area contributed by atoms with Gasteiger partial charge in [0.1, 0.15) is 6.10 Å². The van der Waals surface area contributed by atoms with Crippen LogP contribution < -0.4 is 0 Å². The molecule has 1 heterocycles. The highest BCUT2D eigenvalue weighted by Gasteiger charge is 2.29. The molecule has 1 saturated carbocycles. The van der Waals surface area contributed by atoms with Gasteiger partial charge in [-0.05, 0) is 37.3 Å². The second-order valence-electron chi connectivity index (χ2n) is 6.78. The monoisotopic (exact) mass is 336 g/mol. The number of hydrogen-bond donors (Lipinski definition) is 0. The molecule has 0 radical (unpaired) electrons. The van der Waals surface area contributed by atoms with E-state index in [0.29, 0.717) is 12.5 Å². The van der Waals surface area contributed by atoms with Crippen molar-refractivity contribution in [3.8, 4) is 0 Å². The van der Waals surface area contributed by atoms with Gasteiger partial charge in [0.2, 0.25) is 5.91 Å². The maximum atomic E-state index is 12.5. The minimum atomic E-state index is -0.120. The number of nitrogens with zero attached hydrogens (tertiary/aromatic N) is 2. The summed E-state index contributed by atoms with van der Waals surface area (Å²) in [7, 11) is 1.94. The Morgan fingerprint density at radius 2 is 2.09 bits per heavy atom. The van der Waals surface area contributed by atoms with Gasteiger partial charge in [0, 0.05) is 24.5 Å². The average Bonchev–Trinajstić information content (AvgIpc) is 3.04. The summed E-state index contributed by atoms with van der Waals surface area (Å²) in [6.45, 7) is 0. The fourth-order valence-electron chi connectivity index (χ4n) is 3.59. The quantitative estimate of drug-likeness (QED) is 0.773. The SMILES string of the molecule is CN(C(=O)CC1CC(C2=CC=C(Cl)CC2)=NO1)C1CCCCC1. The second-order valence-corrected chi connectivity index (χ2v) is 7.26. The molecule has 1 unspecified atom stereocenters. The number of allylic oxidation sites excluding steroid dienone is 4. The van der Waals surface area contributed by atoms with Gasteiger partial charge in [0.05, 0.1) is 12.1 Å². The van der Waals surface area contributed by atoms with Crippen molar-refractivity contribution in [1.82, 2.24) is 4.90 Å². The normalized spacial score (nSPS) is 25.3. The minimum absolute atomic E-state index is 0.120. The van der Waals surface area contributed by atoms with Gasteiger partial charge >= 0.3 is 0 Å². The molecular formula is C18H25ClN2O2. The van der Waals surface area contributed by atoms with E-state index in [1.807, 2.05) is 24.1 Å². The van der Waals surface area contributed by atoms with Crippen LogP contribution in [0.25, 0.3) is 0 Å². The van der Waals surface area contributed by atoms with Crippen molar-refractivity contribution in [2.24, 2.45) is 5.16 Å². The molecule has 0 bridgehead atoms. The molecule has 0 aromatic carbocycles. The zero-order chi connectivity index (χ0) is 16.2. The molecule has 0 aromatic rings. The molecular weight excluding hydrogens is 312 g/mol. The Kier molecular flexibility index (Phi) is 5.42. The summed E-state index contributed by atoms with van der Waals surface area (Å²) < 4.78 is 0. The minimum Gasteiger partial charge on any atom is -0.391 e. The number of hydrogen-bond acceptors (Lipinski definition) is 3. The first kappa shape index (κ1) is 16.6. The number of carbonyl (C=O) groups excluding carboxylic acids is 1. The van der Waals surface area contributed by atoms with E-state index in [0.717, 1.165) is 42.8 Å². The van der Waals surface area contributed by atoms with E-state index < -0.39 is 0 Å². The van der Waals surface area contributed by atoms with Gasteiger partial charge < -0.3 is 9.74 Å². The lowest BCUT2D eigenvalue weighted by molar-refractivity contribution is -0.135. The number of carbonyl (C=O) groups is 1. The maximum Gasteiger partial charge on any atom is 0.226 e. The first-order chi connectivity index (χ1) is 11.1. The van der Waals surface area contributed by atoms with Crippen LogP contribution in [0.5, 0.6) is 0 Å². The molecule has 1 amide bonds. The van der Waals surface area contributed by atoms with Gasteiger partial charge in [-0.1, -0.05) is 42.1 Å². The molecule has 0 saturated heterocycles. The summed E-state index contributed by atoms with van der Waals surface area (Å²) in [5, 5.41) is 5.08. The Morgan fingerprint density at radius 1 is 1.30 bits per heavy atom. The Balaban J connectivity index is 1.49. The van der Waals surface area contributed by atoms with Crippen molar-refractivity contribution in [3.63, 3.8) is 0 Å². The van der Waals surface area contributed by atoms with Gasteiger partial charge in [-0.25, -0.2) is 0 Å². The summed E-state index contributed by atoms with van der Waals surface area (Å²) in [6.07, 6.45) is 12.8. The van der Waals surface area contributed by atoms with Crippen LogP contribution >= 0.6 is 11.6 Å². The molecule has 1 aliphatic heterocycles. The zero-order valence-corrected chi connectivity index (χ0v) is 14.5. The predicted octanol–water partition coefficient (Wildman–Crippen LogP) is 4.16. The Morgan fingerprint density at radius 3 is 2.78 bits per heavy atom. The van der Waals surface area contributed by atoms with E-state index in [1.165, 1.54) is 24.8 Å². The Labute approximate surface area is 143 Å². The molecule has 4 nitrogen and oxygen atoms in total. The van der Waals surface area contributed by atoms with Crippen molar-refractivity contribution < 1.29 is 9.63 Å². The van der Waals surface area contributed by atoms with Gasteiger partial charge in [-0.15, -0.1) is 0 Å². The number of halogens is 1. The highest BCUT2D eigenvalue weighted by Crippen LogP contribution is 2.28. The zero-order valence-electron chi connectivity index (χ0n) is 13.8. The lowest BCUT2D eigenvalue weighted by atomic mass is 9.93. The molecule has 0 spiro atoms. The number of amides is 1. The lowest BCUT2D eigenvalue weighted by Crippen LogP contribution is -2.39. The van der Waals surface area contributed by atoms with Crippen LogP contribution in [0.4, 0.5) is 0 Å². The van der Waals surface area contributed by atoms with Gasteiger partial charge in [0.25, 0.3) is 0 Å². The summed E-state index contributed by atoms with van der Waals surface area (Å²) in [5.74, 6) is 0.180. The fourth-order valence-corrected chi connectivity index (χ4v) is 3.75. The van der Waals surface area contributed by atoms with Crippen LogP contribution in [0.3, 0.4) is 0 Å². The van der Waals surface area contributed by atoms with Crippen LogP contribution in [0.2, 0.25) is 0 Å². The van der Waals surface area contributed by atoms with E-state index in [4.69, 9.17) is 16.4 Å². The van der Waals surface area contributed by atoms with E-state index >= 15 is 0 Å². The van der Waals surface area contributed by atoms with Crippen LogP contribution in [0, 0.1) is 0 Å². The number of oxime groups is 1. The van der Waals surface area contributed by atoms with E-state index in [2.05, 4.69) is 5.16 Å². The van der Waals surface area contributed by atoms with Crippen molar-refractivity contribution in [2.75, 3.05) is 7.05 Å². The second kappa shape index (κ2) is 7.52. The maximum absolute atomic E-state index is 12.5. The van der Waals surface area contributed by atoms with Crippen LogP contribution in [-0.4, -0.2) is 35.7 Å². The fraction of sp³-hybridized carbons (Fsp3) is 0.667.